The third-order valence-electron chi connectivity index (χ3n) is 4.51. The second-order valence-electron chi connectivity index (χ2n) is 6.44. The first-order chi connectivity index (χ1) is 14.0. The fraction of sp³-hybridized carbons (Fsp3) is 0.278. The Morgan fingerprint density at radius 3 is 2.93 bits per heavy atom. The van der Waals surface area contributed by atoms with Crippen LogP contribution in [0, 0.1) is 10.1 Å². The lowest BCUT2D eigenvalue weighted by Gasteiger charge is -2.14. The fourth-order valence-electron chi connectivity index (χ4n) is 3.11. The molecule has 11 heteroatoms. The Morgan fingerprint density at radius 1 is 1.41 bits per heavy atom. The van der Waals surface area contributed by atoms with Crippen molar-refractivity contribution in [3.05, 3.63) is 51.4 Å². The zero-order valence-electron chi connectivity index (χ0n) is 15.2. The van der Waals surface area contributed by atoms with Gasteiger partial charge in [-0.2, -0.15) is 0 Å². The molecule has 0 radical (unpaired) electrons. The van der Waals surface area contributed by atoms with Crippen molar-refractivity contribution in [3.63, 3.8) is 0 Å². The molecular weight excluding hydrogens is 414 g/mol. The van der Waals surface area contributed by atoms with Gasteiger partial charge in [-0.15, -0.1) is 21.5 Å². The minimum atomic E-state index is -0.716. The van der Waals surface area contributed by atoms with E-state index in [1.807, 2.05) is 22.1 Å². The summed E-state index contributed by atoms with van der Waals surface area (Å²) >= 11 is 2.68. The molecule has 3 aromatic rings. The number of ether oxygens (including phenoxy) is 1. The van der Waals surface area contributed by atoms with Gasteiger partial charge in [-0.3, -0.25) is 19.5 Å². The third-order valence-corrected chi connectivity index (χ3v) is 6.43. The van der Waals surface area contributed by atoms with E-state index in [1.165, 1.54) is 18.2 Å². The standard InChI is InChI=1S/C18H17N5O4S2/c19-16(24)11-5-6-14(13(9-11)23(25)26)29-18-21-20-17(15-4-2-8-28-15)22(18)10-12-3-1-7-27-12/h2,4-6,8-9,12H,1,3,7,10H2,(H2,19,24)/t12-/m1/s1. The average molecular weight is 431 g/mol. The van der Waals surface area contributed by atoms with Gasteiger partial charge in [-0.25, -0.2) is 0 Å². The van der Waals surface area contributed by atoms with E-state index in [1.54, 1.807) is 11.3 Å². The maximum Gasteiger partial charge on any atom is 0.284 e. The van der Waals surface area contributed by atoms with Crippen molar-refractivity contribution >= 4 is 34.7 Å². The Kier molecular flexibility index (Phi) is 5.60. The first kappa shape index (κ1) is 19.6. The summed E-state index contributed by atoms with van der Waals surface area (Å²) in [6.07, 6.45) is 2.00. The SMILES string of the molecule is NC(=O)c1ccc(Sc2nnc(-c3cccs3)n2C[C@H]2CCCO2)c([N+](=O)[O-])c1. The van der Waals surface area contributed by atoms with Gasteiger partial charge in [-0.1, -0.05) is 6.07 Å². The molecule has 3 heterocycles. The molecule has 1 atom stereocenters. The van der Waals surface area contributed by atoms with Crippen molar-refractivity contribution in [2.45, 2.75) is 35.5 Å². The van der Waals surface area contributed by atoms with Crippen LogP contribution in [0.25, 0.3) is 10.7 Å². The van der Waals surface area contributed by atoms with Crippen molar-refractivity contribution in [2.75, 3.05) is 6.61 Å². The number of hydrogen-bond donors (Lipinski definition) is 1. The summed E-state index contributed by atoms with van der Waals surface area (Å²) in [5.74, 6) is -0.0133. The Balaban J connectivity index is 1.71. The number of carbonyl (C=O) groups excluding carboxylic acids is 1. The Morgan fingerprint density at radius 2 is 2.28 bits per heavy atom. The van der Waals surface area contributed by atoms with Gasteiger partial charge in [0.05, 0.1) is 27.3 Å². The molecule has 1 amide bonds. The van der Waals surface area contributed by atoms with Gasteiger partial charge >= 0.3 is 0 Å². The minimum absolute atomic E-state index is 0.0521. The number of hydrogen-bond acceptors (Lipinski definition) is 8. The summed E-state index contributed by atoms with van der Waals surface area (Å²) in [7, 11) is 0. The molecule has 0 bridgehead atoms. The van der Waals surface area contributed by atoms with Crippen molar-refractivity contribution in [2.24, 2.45) is 5.73 Å². The van der Waals surface area contributed by atoms with Gasteiger partial charge in [0.15, 0.2) is 11.0 Å². The van der Waals surface area contributed by atoms with Crippen molar-refractivity contribution in [1.29, 1.82) is 0 Å². The Bertz CT molecular complexity index is 1040. The van der Waals surface area contributed by atoms with E-state index in [0.717, 1.165) is 36.1 Å². The quantitative estimate of drug-likeness (QED) is 0.449. The van der Waals surface area contributed by atoms with Gasteiger partial charge in [0.25, 0.3) is 5.69 Å². The molecule has 0 aliphatic carbocycles. The molecule has 4 rings (SSSR count). The van der Waals surface area contributed by atoms with Crippen molar-refractivity contribution in [3.8, 4) is 10.7 Å². The first-order valence-corrected chi connectivity index (χ1v) is 10.6. The number of aromatic nitrogens is 3. The van der Waals surface area contributed by atoms with Crippen molar-refractivity contribution < 1.29 is 14.5 Å². The van der Waals surface area contributed by atoms with Crippen LogP contribution in [0.15, 0.2) is 45.8 Å². The minimum Gasteiger partial charge on any atom is -0.376 e. The highest BCUT2D eigenvalue weighted by atomic mass is 32.2. The molecule has 29 heavy (non-hydrogen) atoms. The molecule has 0 spiro atoms. The number of amides is 1. The average Bonchev–Trinajstić information content (AvgIpc) is 3.45. The number of nitro benzene ring substituents is 1. The molecule has 2 N–H and O–H groups in total. The molecule has 1 saturated heterocycles. The van der Waals surface area contributed by atoms with Crippen LogP contribution in [-0.4, -0.2) is 38.3 Å². The van der Waals surface area contributed by atoms with Crippen LogP contribution in [0.2, 0.25) is 0 Å². The van der Waals surface area contributed by atoms with Gasteiger partial charge in [0.1, 0.15) is 0 Å². The summed E-state index contributed by atoms with van der Waals surface area (Å²) in [6.45, 7) is 1.29. The summed E-state index contributed by atoms with van der Waals surface area (Å²) in [4.78, 5) is 23.7. The molecule has 1 aliphatic rings. The number of rotatable bonds is 7. The van der Waals surface area contributed by atoms with E-state index >= 15 is 0 Å². The smallest absolute Gasteiger partial charge is 0.284 e. The predicted octanol–water partition coefficient (Wildman–Crippen LogP) is 3.34. The highest BCUT2D eigenvalue weighted by molar-refractivity contribution is 7.99. The van der Waals surface area contributed by atoms with Gasteiger partial charge in [0, 0.05) is 18.2 Å². The van der Waals surface area contributed by atoms with Crippen molar-refractivity contribution in [1.82, 2.24) is 14.8 Å². The molecule has 0 unspecified atom stereocenters. The highest BCUT2D eigenvalue weighted by Crippen LogP contribution is 2.37. The first-order valence-electron chi connectivity index (χ1n) is 8.87. The van der Waals surface area contributed by atoms with Gasteiger partial charge in [-0.05, 0) is 48.2 Å². The zero-order valence-corrected chi connectivity index (χ0v) is 16.8. The number of primary amides is 1. The normalized spacial score (nSPS) is 16.2. The van der Waals surface area contributed by atoms with Crippen LogP contribution < -0.4 is 5.73 Å². The third kappa shape index (κ3) is 4.16. The van der Waals surface area contributed by atoms with E-state index in [9.17, 15) is 14.9 Å². The summed E-state index contributed by atoms with van der Waals surface area (Å²) in [6, 6.07) is 8.06. The van der Waals surface area contributed by atoms with Crippen LogP contribution in [-0.2, 0) is 11.3 Å². The zero-order chi connectivity index (χ0) is 20.4. The molecule has 1 aromatic carbocycles. The number of benzene rings is 1. The van der Waals surface area contributed by atoms with Crippen LogP contribution >= 0.6 is 23.1 Å². The van der Waals surface area contributed by atoms with Gasteiger partial charge < -0.3 is 10.5 Å². The van der Waals surface area contributed by atoms with E-state index in [4.69, 9.17) is 10.5 Å². The number of nitro groups is 1. The summed E-state index contributed by atoms with van der Waals surface area (Å²) < 4.78 is 7.71. The monoisotopic (exact) mass is 431 g/mol. The Labute approximate surface area is 174 Å². The maximum absolute atomic E-state index is 11.5. The maximum atomic E-state index is 11.5. The van der Waals surface area contributed by atoms with Gasteiger partial charge in [0.2, 0.25) is 5.91 Å². The fourth-order valence-corrected chi connectivity index (χ4v) is 4.75. The number of carbonyl (C=O) groups is 1. The van der Waals surface area contributed by atoms with Crippen LogP contribution in [0.1, 0.15) is 23.2 Å². The van der Waals surface area contributed by atoms with E-state index < -0.39 is 10.8 Å². The predicted molar refractivity (Wildman–Crippen MR) is 108 cm³/mol. The topological polar surface area (TPSA) is 126 Å². The molecule has 0 saturated carbocycles. The molecule has 1 fully saturated rings. The lowest BCUT2D eigenvalue weighted by atomic mass is 10.2. The molecular formula is C18H17N5O4S2. The molecule has 1 aliphatic heterocycles. The lowest BCUT2D eigenvalue weighted by Crippen LogP contribution is -2.16. The van der Waals surface area contributed by atoms with Crippen LogP contribution in [0.4, 0.5) is 5.69 Å². The molecule has 2 aromatic heterocycles. The lowest BCUT2D eigenvalue weighted by molar-refractivity contribution is -0.387. The van der Waals surface area contributed by atoms with E-state index in [2.05, 4.69) is 10.2 Å². The summed E-state index contributed by atoms with van der Waals surface area (Å²) in [5, 5.41) is 22.6. The van der Waals surface area contributed by atoms with E-state index in [0.29, 0.717) is 22.4 Å². The number of nitrogens with zero attached hydrogens (tertiary/aromatic N) is 4. The number of nitrogens with two attached hydrogens (primary N) is 1. The number of thiophene rings is 1. The Hall–Kier alpha value is -2.76. The highest BCUT2D eigenvalue weighted by Gasteiger charge is 2.25. The largest absolute Gasteiger partial charge is 0.376 e. The molecule has 150 valence electrons. The van der Waals surface area contributed by atoms with Crippen LogP contribution in [0.3, 0.4) is 0 Å². The second kappa shape index (κ2) is 8.31. The van der Waals surface area contributed by atoms with Crippen LogP contribution in [0.5, 0.6) is 0 Å². The van der Waals surface area contributed by atoms with E-state index in [-0.39, 0.29) is 17.4 Å². The summed E-state index contributed by atoms with van der Waals surface area (Å²) in [5.41, 5.74) is 5.14. The molecule has 9 nitrogen and oxygen atoms in total. The second-order valence-corrected chi connectivity index (χ2v) is 8.39.